The van der Waals surface area contributed by atoms with Gasteiger partial charge >= 0.3 is 6.36 Å². The van der Waals surface area contributed by atoms with Gasteiger partial charge in [0.25, 0.3) is 0 Å². The molecule has 0 atom stereocenters. The summed E-state index contributed by atoms with van der Waals surface area (Å²) in [6, 6.07) is 5.73. The number of alkyl halides is 3. The number of benzene rings is 1. The molecule has 1 aromatic rings. The minimum Gasteiger partial charge on any atom is -0.406 e. The zero-order valence-corrected chi connectivity index (χ0v) is 11.0. The average Bonchev–Trinajstić information content (AvgIpc) is 2.77. The third-order valence-corrected chi connectivity index (χ3v) is 3.47. The second-order valence-electron chi connectivity index (χ2n) is 5.23. The molecule has 2 rings (SSSR count). The Morgan fingerprint density at radius 1 is 1.15 bits per heavy atom. The molecule has 3 nitrogen and oxygen atoms in total. The smallest absolute Gasteiger partial charge is 0.406 e. The normalized spacial score (nSPS) is 18.2. The van der Waals surface area contributed by atoms with Crippen LogP contribution < -0.4 is 10.1 Å². The van der Waals surface area contributed by atoms with E-state index in [1.54, 1.807) is 12.1 Å². The number of rotatable bonds is 5. The summed E-state index contributed by atoms with van der Waals surface area (Å²) >= 11 is 0. The highest BCUT2D eigenvalue weighted by Crippen LogP contribution is 2.28. The standard InChI is InChI=1S/C14H18F3NO2/c15-14(16,17)20-12-5-3-11(4-6-12)9-18-10-13(19)7-1-2-8-13/h3-6,18-19H,1-2,7-10H2. The maximum Gasteiger partial charge on any atom is 0.573 e. The van der Waals surface area contributed by atoms with Crippen LogP contribution in [0.3, 0.4) is 0 Å². The Hall–Kier alpha value is -1.27. The van der Waals surface area contributed by atoms with Crippen molar-refractivity contribution in [3.8, 4) is 5.75 Å². The lowest BCUT2D eigenvalue weighted by molar-refractivity contribution is -0.274. The molecule has 0 aliphatic heterocycles. The minimum atomic E-state index is -4.66. The van der Waals surface area contributed by atoms with Crippen molar-refractivity contribution in [1.29, 1.82) is 0 Å². The van der Waals surface area contributed by atoms with E-state index in [0.717, 1.165) is 31.2 Å². The average molecular weight is 289 g/mol. The molecule has 0 unspecified atom stereocenters. The minimum absolute atomic E-state index is 0.226. The number of nitrogens with one attached hydrogen (secondary N) is 1. The Balaban J connectivity index is 1.79. The van der Waals surface area contributed by atoms with Gasteiger partial charge in [0.1, 0.15) is 5.75 Å². The first-order valence-corrected chi connectivity index (χ1v) is 6.64. The van der Waals surface area contributed by atoms with Crippen molar-refractivity contribution in [3.63, 3.8) is 0 Å². The molecule has 0 amide bonds. The summed E-state index contributed by atoms with van der Waals surface area (Å²) < 4.78 is 39.8. The molecule has 6 heteroatoms. The van der Waals surface area contributed by atoms with Crippen LogP contribution in [-0.2, 0) is 6.54 Å². The molecule has 0 radical (unpaired) electrons. The molecule has 0 saturated heterocycles. The maximum absolute atomic E-state index is 12.0. The Kier molecular flexibility index (Phi) is 4.55. The summed E-state index contributed by atoms with van der Waals surface area (Å²) in [5.41, 5.74) is 0.223. The molecule has 1 aromatic carbocycles. The second kappa shape index (κ2) is 6.01. The first kappa shape index (κ1) is 15.1. The number of hydrogen-bond acceptors (Lipinski definition) is 3. The van der Waals surface area contributed by atoms with E-state index >= 15 is 0 Å². The molecule has 112 valence electrons. The zero-order valence-electron chi connectivity index (χ0n) is 11.0. The van der Waals surface area contributed by atoms with Gasteiger partial charge in [-0.05, 0) is 30.5 Å². The third kappa shape index (κ3) is 4.68. The van der Waals surface area contributed by atoms with E-state index in [9.17, 15) is 18.3 Å². The van der Waals surface area contributed by atoms with Crippen molar-refractivity contribution >= 4 is 0 Å². The predicted octanol–water partition coefficient (Wildman–Crippen LogP) is 2.98. The fourth-order valence-corrected chi connectivity index (χ4v) is 2.46. The highest BCUT2D eigenvalue weighted by atomic mass is 19.4. The van der Waals surface area contributed by atoms with Crippen LogP contribution in [0.2, 0.25) is 0 Å². The van der Waals surface area contributed by atoms with Gasteiger partial charge in [-0.3, -0.25) is 0 Å². The number of ether oxygens (including phenoxy) is 1. The van der Waals surface area contributed by atoms with Gasteiger partial charge in [-0.25, -0.2) is 0 Å². The van der Waals surface area contributed by atoms with Gasteiger partial charge < -0.3 is 15.2 Å². The van der Waals surface area contributed by atoms with Crippen molar-refractivity contribution < 1.29 is 23.0 Å². The number of halogens is 3. The molecule has 0 spiro atoms. The first-order chi connectivity index (χ1) is 9.36. The van der Waals surface area contributed by atoms with E-state index in [2.05, 4.69) is 10.1 Å². The van der Waals surface area contributed by atoms with E-state index < -0.39 is 12.0 Å². The largest absolute Gasteiger partial charge is 0.573 e. The summed E-state index contributed by atoms with van der Waals surface area (Å²) in [6.07, 6.45) is -0.967. The summed E-state index contributed by atoms with van der Waals surface area (Å²) in [5.74, 6) is -0.226. The Labute approximate surface area is 115 Å². The van der Waals surface area contributed by atoms with Crippen molar-refractivity contribution in [2.75, 3.05) is 6.54 Å². The molecule has 1 saturated carbocycles. The second-order valence-corrected chi connectivity index (χ2v) is 5.23. The lowest BCUT2D eigenvalue weighted by Gasteiger charge is -2.22. The van der Waals surface area contributed by atoms with E-state index in [-0.39, 0.29) is 5.75 Å². The summed E-state index contributed by atoms with van der Waals surface area (Å²) in [6.45, 7) is 1.02. The van der Waals surface area contributed by atoms with E-state index in [0.29, 0.717) is 13.1 Å². The van der Waals surface area contributed by atoms with Gasteiger partial charge in [0.05, 0.1) is 5.60 Å². The van der Waals surface area contributed by atoms with Gasteiger partial charge in [-0.2, -0.15) is 0 Å². The van der Waals surface area contributed by atoms with Crippen LogP contribution in [0.1, 0.15) is 31.2 Å². The fraction of sp³-hybridized carbons (Fsp3) is 0.571. The van der Waals surface area contributed by atoms with Crippen LogP contribution in [0.15, 0.2) is 24.3 Å². The Bertz CT molecular complexity index is 425. The Morgan fingerprint density at radius 3 is 2.30 bits per heavy atom. The van der Waals surface area contributed by atoms with Crippen molar-refractivity contribution in [2.24, 2.45) is 0 Å². The predicted molar refractivity (Wildman–Crippen MR) is 68.2 cm³/mol. The summed E-state index contributed by atoms with van der Waals surface area (Å²) in [4.78, 5) is 0. The van der Waals surface area contributed by atoms with Crippen LogP contribution in [0.5, 0.6) is 5.75 Å². The first-order valence-electron chi connectivity index (χ1n) is 6.64. The van der Waals surface area contributed by atoms with Gasteiger partial charge in [0, 0.05) is 13.1 Å². The lowest BCUT2D eigenvalue weighted by Crippen LogP contribution is -2.37. The molecule has 0 bridgehead atoms. The molecular formula is C14H18F3NO2. The summed E-state index contributed by atoms with van der Waals surface area (Å²) in [7, 11) is 0. The quantitative estimate of drug-likeness (QED) is 0.875. The van der Waals surface area contributed by atoms with Crippen LogP contribution >= 0.6 is 0 Å². The summed E-state index contributed by atoms with van der Waals surface area (Å²) in [5, 5.41) is 13.3. The maximum atomic E-state index is 12.0. The van der Waals surface area contributed by atoms with Crippen molar-refractivity contribution in [3.05, 3.63) is 29.8 Å². The monoisotopic (exact) mass is 289 g/mol. The van der Waals surface area contributed by atoms with Gasteiger partial charge in [0.15, 0.2) is 0 Å². The van der Waals surface area contributed by atoms with Crippen molar-refractivity contribution in [1.82, 2.24) is 5.32 Å². The van der Waals surface area contributed by atoms with E-state index in [1.807, 2.05) is 0 Å². The van der Waals surface area contributed by atoms with Gasteiger partial charge in [-0.15, -0.1) is 13.2 Å². The zero-order chi connectivity index (χ0) is 14.6. The van der Waals surface area contributed by atoms with Crippen LogP contribution in [-0.4, -0.2) is 23.6 Å². The molecular weight excluding hydrogens is 271 g/mol. The highest BCUT2D eigenvalue weighted by Gasteiger charge is 2.31. The fourth-order valence-electron chi connectivity index (χ4n) is 2.46. The molecule has 1 fully saturated rings. The van der Waals surface area contributed by atoms with Crippen LogP contribution in [0, 0.1) is 0 Å². The SMILES string of the molecule is OC1(CNCc2ccc(OC(F)(F)F)cc2)CCCC1. The lowest BCUT2D eigenvalue weighted by atomic mass is 10.0. The van der Waals surface area contributed by atoms with Gasteiger partial charge in [-0.1, -0.05) is 25.0 Å². The number of hydrogen-bond donors (Lipinski definition) is 2. The Morgan fingerprint density at radius 2 is 1.75 bits per heavy atom. The van der Waals surface area contributed by atoms with E-state index in [4.69, 9.17) is 0 Å². The molecule has 1 aliphatic carbocycles. The highest BCUT2D eigenvalue weighted by molar-refractivity contribution is 5.27. The molecule has 20 heavy (non-hydrogen) atoms. The van der Waals surface area contributed by atoms with E-state index in [1.165, 1.54) is 12.1 Å². The topological polar surface area (TPSA) is 41.5 Å². The van der Waals surface area contributed by atoms with Crippen LogP contribution in [0.25, 0.3) is 0 Å². The molecule has 0 heterocycles. The van der Waals surface area contributed by atoms with Crippen LogP contribution in [0.4, 0.5) is 13.2 Å². The molecule has 1 aliphatic rings. The molecule has 2 N–H and O–H groups in total. The molecule has 0 aromatic heterocycles. The number of aliphatic hydroxyl groups is 1. The van der Waals surface area contributed by atoms with Crippen molar-refractivity contribution in [2.45, 2.75) is 44.2 Å². The van der Waals surface area contributed by atoms with Gasteiger partial charge in [0.2, 0.25) is 0 Å². The third-order valence-electron chi connectivity index (χ3n) is 3.47.